The zero-order valence-electron chi connectivity index (χ0n) is 6.55. The fourth-order valence-electron chi connectivity index (χ4n) is 0.345. The maximum Gasteiger partial charge on any atom is 0.315 e. The number of methoxy groups -OCH3 is 2. The first-order chi connectivity index (χ1) is 5.20. The molecule has 11 heavy (non-hydrogen) atoms. The molecule has 4 nitrogen and oxygen atoms in total. The maximum atomic E-state index is 10.5. The quantitative estimate of drug-likeness (QED) is 0.386. The molecular weight excluding hydrogens is 166 g/mol. The van der Waals surface area contributed by atoms with Crippen molar-refractivity contribution in [2.24, 2.45) is 0 Å². The number of hydrogen-bond donors (Lipinski definition) is 1. The van der Waals surface area contributed by atoms with Gasteiger partial charge in [0.25, 0.3) is 0 Å². The van der Waals surface area contributed by atoms with Gasteiger partial charge in [0.05, 0.1) is 25.7 Å². The Balaban J connectivity index is 3.27. The fourth-order valence-corrected chi connectivity index (χ4v) is 1.03. The van der Waals surface area contributed by atoms with E-state index in [2.05, 4.69) is 9.47 Å². The summed E-state index contributed by atoms with van der Waals surface area (Å²) in [7, 11) is 2.77. The van der Waals surface area contributed by atoms with Crippen LogP contribution in [0.3, 0.4) is 0 Å². The number of nitrogens with one attached hydrogen (secondary N) is 1. The van der Waals surface area contributed by atoms with Crippen LogP contribution in [0.4, 0.5) is 0 Å². The van der Waals surface area contributed by atoms with Gasteiger partial charge in [0.1, 0.15) is 0 Å². The third-order valence-corrected chi connectivity index (χ3v) is 1.83. The van der Waals surface area contributed by atoms with E-state index in [1.54, 1.807) is 0 Å². The van der Waals surface area contributed by atoms with E-state index >= 15 is 0 Å². The molecule has 0 saturated heterocycles. The van der Waals surface area contributed by atoms with Crippen LogP contribution in [0.1, 0.15) is 0 Å². The highest BCUT2D eigenvalue weighted by atomic mass is 32.2. The Morgan fingerprint density at radius 2 is 2.00 bits per heavy atom. The molecule has 0 aliphatic carbocycles. The van der Waals surface area contributed by atoms with Crippen molar-refractivity contribution < 1.29 is 14.3 Å². The van der Waals surface area contributed by atoms with Crippen LogP contribution in [0.25, 0.3) is 0 Å². The molecule has 0 unspecified atom stereocenters. The molecule has 0 aliphatic heterocycles. The minimum Gasteiger partial charge on any atom is -0.484 e. The molecule has 64 valence electrons. The molecule has 0 aliphatic rings. The molecule has 0 heterocycles. The molecule has 0 aromatic heterocycles. The summed E-state index contributed by atoms with van der Waals surface area (Å²) in [6, 6.07) is 0. The highest BCUT2D eigenvalue weighted by Crippen LogP contribution is 2.00. The topological polar surface area (TPSA) is 59.4 Å². The lowest BCUT2D eigenvalue weighted by atomic mass is 10.8. The molecule has 0 atom stereocenters. The van der Waals surface area contributed by atoms with Gasteiger partial charge in [0.2, 0.25) is 0 Å². The molecule has 1 N–H and O–H groups in total. The van der Waals surface area contributed by atoms with E-state index in [0.29, 0.717) is 5.75 Å². The SMILES string of the molecule is COC(=N)CSCC(=O)OC. The van der Waals surface area contributed by atoms with Crippen molar-refractivity contribution in [2.75, 3.05) is 25.7 Å². The normalized spacial score (nSPS) is 8.91. The van der Waals surface area contributed by atoms with Gasteiger partial charge in [0.15, 0.2) is 5.90 Å². The predicted molar refractivity (Wildman–Crippen MR) is 44.1 cm³/mol. The van der Waals surface area contributed by atoms with E-state index in [1.807, 2.05) is 0 Å². The third kappa shape index (κ3) is 5.72. The van der Waals surface area contributed by atoms with Gasteiger partial charge in [-0.05, 0) is 0 Å². The van der Waals surface area contributed by atoms with Crippen LogP contribution in [0.2, 0.25) is 0 Å². The van der Waals surface area contributed by atoms with Crippen LogP contribution in [0, 0.1) is 5.41 Å². The van der Waals surface area contributed by atoms with Crippen molar-refractivity contribution in [1.29, 1.82) is 5.41 Å². The molecule has 5 heteroatoms. The van der Waals surface area contributed by atoms with Crippen LogP contribution in [-0.4, -0.2) is 37.6 Å². The molecule has 0 amide bonds. The predicted octanol–water partition coefficient (Wildman–Crippen LogP) is 0.516. The minimum absolute atomic E-state index is 0.166. The average Bonchev–Trinajstić information content (AvgIpc) is 2.04. The van der Waals surface area contributed by atoms with Crippen molar-refractivity contribution in [1.82, 2.24) is 0 Å². The highest BCUT2D eigenvalue weighted by molar-refractivity contribution is 8.00. The van der Waals surface area contributed by atoms with Crippen LogP contribution >= 0.6 is 11.8 Å². The highest BCUT2D eigenvalue weighted by Gasteiger charge is 2.01. The van der Waals surface area contributed by atoms with E-state index in [1.165, 1.54) is 26.0 Å². The van der Waals surface area contributed by atoms with E-state index in [0.717, 1.165) is 0 Å². The number of thioether (sulfide) groups is 1. The molecule has 0 radical (unpaired) electrons. The lowest BCUT2D eigenvalue weighted by Gasteiger charge is -2.00. The lowest BCUT2D eigenvalue weighted by molar-refractivity contribution is -0.137. The van der Waals surface area contributed by atoms with Crippen molar-refractivity contribution >= 4 is 23.6 Å². The first kappa shape index (κ1) is 10.3. The average molecular weight is 177 g/mol. The maximum absolute atomic E-state index is 10.5. The first-order valence-electron chi connectivity index (χ1n) is 2.96. The smallest absolute Gasteiger partial charge is 0.315 e. The van der Waals surface area contributed by atoms with Gasteiger partial charge in [-0.3, -0.25) is 10.2 Å². The molecule has 0 saturated carbocycles. The Bertz CT molecular complexity index is 133. The second-order valence-electron chi connectivity index (χ2n) is 1.70. The van der Waals surface area contributed by atoms with Gasteiger partial charge in [-0.25, -0.2) is 0 Å². The monoisotopic (exact) mass is 177 g/mol. The Hall–Kier alpha value is -0.710. The Labute approximate surface area is 69.8 Å². The summed E-state index contributed by atoms with van der Waals surface area (Å²) < 4.78 is 8.97. The van der Waals surface area contributed by atoms with Crippen LogP contribution < -0.4 is 0 Å². The molecule has 0 rings (SSSR count). The number of carbonyl (C=O) groups excluding carboxylic acids is 1. The number of ether oxygens (including phenoxy) is 2. The van der Waals surface area contributed by atoms with Crippen molar-refractivity contribution in [3.63, 3.8) is 0 Å². The van der Waals surface area contributed by atoms with Gasteiger partial charge in [-0.15, -0.1) is 11.8 Å². The van der Waals surface area contributed by atoms with E-state index in [9.17, 15) is 4.79 Å². The van der Waals surface area contributed by atoms with Crippen LogP contribution in [0.15, 0.2) is 0 Å². The minimum atomic E-state index is -0.279. The Kier molecular flexibility index (Phi) is 5.64. The van der Waals surface area contributed by atoms with Crippen molar-refractivity contribution in [3.05, 3.63) is 0 Å². The standard InChI is InChI=1S/C6H11NO3S/c1-9-5(7)3-11-4-6(8)10-2/h7H,3-4H2,1-2H3. The second kappa shape index (κ2) is 6.03. The zero-order chi connectivity index (χ0) is 8.69. The van der Waals surface area contributed by atoms with Crippen molar-refractivity contribution in [3.8, 4) is 0 Å². The summed E-state index contributed by atoms with van der Waals surface area (Å²) in [5, 5.41) is 7.04. The Morgan fingerprint density at radius 1 is 1.36 bits per heavy atom. The molecular formula is C6H11NO3S. The molecule has 0 spiro atoms. The van der Waals surface area contributed by atoms with Gasteiger partial charge < -0.3 is 9.47 Å². The van der Waals surface area contributed by atoms with Gasteiger partial charge in [-0.1, -0.05) is 0 Å². The second-order valence-corrected chi connectivity index (χ2v) is 2.68. The largest absolute Gasteiger partial charge is 0.484 e. The summed E-state index contributed by atoms with van der Waals surface area (Å²) >= 11 is 1.29. The lowest BCUT2D eigenvalue weighted by Crippen LogP contribution is -2.08. The summed E-state index contributed by atoms with van der Waals surface area (Å²) in [5.41, 5.74) is 0. The van der Waals surface area contributed by atoms with Crippen LogP contribution in [0.5, 0.6) is 0 Å². The summed E-state index contributed by atoms with van der Waals surface area (Å²) in [5.74, 6) is 0.561. The molecule has 0 fully saturated rings. The first-order valence-corrected chi connectivity index (χ1v) is 4.12. The molecule has 0 aromatic carbocycles. The van der Waals surface area contributed by atoms with Crippen LogP contribution in [-0.2, 0) is 14.3 Å². The molecule has 0 aromatic rings. The third-order valence-electron chi connectivity index (χ3n) is 0.927. The van der Waals surface area contributed by atoms with Crippen molar-refractivity contribution in [2.45, 2.75) is 0 Å². The van der Waals surface area contributed by atoms with Gasteiger partial charge in [0, 0.05) is 0 Å². The van der Waals surface area contributed by atoms with Gasteiger partial charge >= 0.3 is 5.97 Å². The van der Waals surface area contributed by atoms with Gasteiger partial charge in [-0.2, -0.15) is 0 Å². The number of hydrogen-bond acceptors (Lipinski definition) is 5. The summed E-state index contributed by atoms with van der Waals surface area (Å²) in [4.78, 5) is 10.5. The fraction of sp³-hybridized carbons (Fsp3) is 0.667. The molecule has 0 bridgehead atoms. The van der Waals surface area contributed by atoms with E-state index in [-0.39, 0.29) is 17.6 Å². The Morgan fingerprint density at radius 3 is 2.45 bits per heavy atom. The number of esters is 1. The van der Waals surface area contributed by atoms with E-state index in [4.69, 9.17) is 5.41 Å². The number of rotatable bonds is 4. The number of carbonyl (C=O) groups is 1. The summed E-state index contributed by atoms with van der Waals surface area (Å²) in [6.07, 6.45) is 0. The van der Waals surface area contributed by atoms with E-state index < -0.39 is 0 Å². The summed E-state index contributed by atoms with van der Waals surface area (Å²) in [6.45, 7) is 0. The zero-order valence-corrected chi connectivity index (χ0v) is 7.36.